The largest absolute Gasteiger partial charge is 0.446 e. The first-order valence-electron chi connectivity index (χ1n) is 5.99. The fraction of sp³-hybridized carbons (Fsp3) is 0.357. The predicted octanol–water partition coefficient (Wildman–Crippen LogP) is 2.99. The number of nitrogens with two attached hydrogens (primary N) is 1. The molecule has 0 radical (unpaired) electrons. The van der Waals surface area contributed by atoms with E-state index in [1.165, 1.54) is 12.0 Å². The van der Waals surface area contributed by atoms with E-state index < -0.39 is 0 Å². The van der Waals surface area contributed by atoms with E-state index >= 15 is 0 Å². The number of oxazole rings is 1. The monoisotopic (exact) mass is 228 g/mol. The van der Waals surface area contributed by atoms with Crippen molar-refractivity contribution in [2.24, 2.45) is 5.73 Å². The summed E-state index contributed by atoms with van der Waals surface area (Å²) in [6.45, 7) is 2.07. The molecule has 3 heteroatoms. The number of hydrogen-bond acceptors (Lipinski definition) is 3. The average Bonchev–Trinajstić information content (AvgIpc) is 2.75. The van der Waals surface area contributed by atoms with E-state index in [4.69, 9.17) is 10.2 Å². The quantitative estimate of drug-likeness (QED) is 0.859. The molecule has 1 aromatic heterocycles. The zero-order chi connectivity index (χ0) is 11.9. The summed E-state index contributed by atoms with van der Waals surface area (Å²) in [6, 6.07) is 8.24. The van der Waals surface area contributed by atoms with Crippen LogP contribution in [0, 0.1) is 6.92 Å². The van der Waals surface area contributed by atoms with Crippen LogP contribution in [-0.2, 0) is 5.54 Å². The van der Waals surface area contributed by atoms with Crippen molar-refractivity contribution in [3.05, 3.63) is 42.0 Å². The Balaban J connectivity index is 1.95. The van der Waals surface area contributed by atoms with E-state index in [2.05, 4.69) is 24.0 Å². The number of aryl methyl sites for hydroxylation is 1. The SMILES string of the molecule is Cc1cccc(-c2coc(C3(N)CCC3)n2)c1. The van der Waals surface area contributed by atoms with E-state index in [1.54, 1.807) is 6.26 Å². The number of rotatable bonds is 2. The van der Waals surface area contributed by atoms with Crippen LogP contribution >= 0.6 is 0 Å². The van der Waals surface area contributed by atoms with Crippen LogP contribution in [0.25, 0.3) is 11.3 Å². The topological polar surface area (TPSA) is 52.0 Å². The Morgan fingerprint density at radius 3 is 2.82 bits per heavy atom. The lowest BCUT2D eigenvalue weighted by Gasteiger charge is -2.34. The molecule has 0 atom stereocenters. The number of aromatic nitrogens is 1. The number of benzene rings is 1. The highest BCUT2D eigenvalue weighted by Gasteiger charge is 2.39. The lowest BCUT2D eigenvalue weighted by molar-refractivity contribution is 0.199. The second kappa shape index (κ2) is 3.70. The van der Waals surface area contributed by atoms with Gasteiger partial charge in [-0.15, -0.1) is 0 Å². The van der Waals surface area contributed by atoms with Crippen molar-refractivity contribution in [3.8, 4) is 11.3 Å². The molecule has 1 aliphatic rings. The van der Waals surface area contributed by atoms with Crippen LogP contribution in [0.4, 0.5) is 0 Å². The van der Waals surface area contributed by atoms with E-state index in [0.717, 1.165) is 24.1 Å². The molecular weight excluding hydrogens is 212 g/mol. The highest BCUT2D eigenvalue weighted by molar-refractivity contribution is 5.58. The van der Waals surface area contributed by atoms with Crippen LogP contribution < -0.4 is 5.73 Å². The van der Waals surface area contributed by atoms with Gasteiger partial charge in [0.25, 0.3) is 0 Å². The van der Waals surface area contributed by atoms with Gasteiger partial charge in [-0.2, -0.15) is 0 Å². The summed E-state index contributed by atoms with van der Waals surface area (Å²) in [6.07, 6.45) is 4.82. The zero-order valence-electron chi connectivity index (χ0n) is 9.94. The smallest absolute Gasteiger partial charge is 0.214 e. The van der Waals surface area contributed by atoms with Gasteiger partial charge in [0.15, 0.2) is 0 Å². The van der Waals surface area contributed by atoms with Gasteiger partial charge in [-0.3, -0.25) is 0 Å². The zero-order valence-corrected chi connectivity index (χ0v) is 9.94. The summed E-state index contributed by atoms with van der Waals surface area (Å²) >= 11 is 0. The molecule has 1 aliphatic carbocycles. The minimum Gasteiger partial charge on any atom is -0.446 e. The highest BCUT2D eigenvalue weighted by atomic mass is 16.3. The van der Waals surface area contributed by atoms with Crippen molar-refractivity contribution in [3.63, 3.8) is 0 Å². The van der Waals surface area contributed by atoms with Gasteiger partial charge in [-0.25, -0.2) is 4.98 Å². The minimum atomic E-state index is -0.317. The van der Waals surface area contributed by atoms with E-state index in [0.29, 0.717) is 5.89 Å². The van der Waals surface area contributed by atoms with Gasteiger partial charge >= 0.3 is 0 Å². The summed E-state index contributed by atoms with van der Waals surface area (Å²) in [5.41, 5.74) is 9.05. The van der Waals surface area contributed by atoms with Crippen molar-refractivity contribution in [2.45, 2.75) is 31.7 Å². The Hall–Kier alpha value is -1.61. The molecule has 1 heterocycles. The van der Waals surface area contributed by atoms with E-state index in [-0.39, 0.29) is 5.54 Å². The maximum atomic E-state index is 6.19. The lowest BCUT2D eigenvalue weighted by Crippen LogP contribution is -2.43. The summed E-state index contributed by atoms with van der Waals surface area (Å²) in [5, 5.41) is 0. The Bertz CT molecular complexity index is 541. The fourth-order valence-electron chi connectivity index (χ4n) is 2.21. The van der Waals surface area contributed by atoms with Gasteiger partial charge in [0, 0.05) is 5.56 Å². The average molecular weight is 228 g/mol. The van der Waals surface area contributed by atoms with Gasteiger partial charge in [0.2, 0.25) is 5.89 Å². The van der Waals surface area contributed by atoms with Crippen molar-refractivity contribution in [1.82, 2.24) is 4.98 Å². The Kier molecular flexibility index (Phi) is 2.30. The van der Waals surface area contributed by atoms with Crippen LogP contribution in [0.2, 0.25) is 0 Å². The van der Waals surface area contributed by atoms with Gasteiger partial charge in [-0.1, -0.05) is 23.8 Å². The van der Waals surface area contributed by atoms with Crippen molar-refractivity contribution >= 4 is 0 Å². The van der Waals surface area contributed by atoms with Crippen molar-refractivity contribution in [1.29, 1.82) is 0 Å². The van der Waals surface area contributed by atoms with Gasteiger partial charge in [-0.05, 0) is 32.3 Å². The Morgan fingerprint density at radius 2 is 2.18 bits per heavy atom. The summed E-state index contributed by atoms with van der Waals surface area (Å²) in [5.74, 6) is 0.681. The lowest BCUT2D eigenvalue weighted by atomic mass is 9.78. The van der Waals surface area contributed by atoms with Gasteiger partial charge in [0.05, 0.1) is 5.54 Å². The molecule has 1 fully saturated rings. The second-order valence-corrected chi connectivity index (χ2v) is 4.92. The first-order valence-corrected chi connectivity index (χ1v) is 5.99. The van der Waals surface area contributed by atoms with Gasteiger partial charge < -0.3 is 10.2 Å². The molecule has 1 aromatic carbocycles. The molecular formula is C14H16N2O. The molecule has 3 nitrogen and oxygen atoms in total. The summed E-state index contributed by atoms with van der Waals surface area (Å²) in [7, 11) is 0. The third-order valence-corrected chi connectivity index (χ3v) is 3.49. The Morgan fingerprint density at radius 1 is 1.35 bits per heavy atom. The molecule has 2 N–H and O–H groups in total. The molecule has 0 saturated heterocycles. The number of hydrogen-bond donors (Lipinski definition) is 1. The second-order valence-electron chi connectivity index (χ2n) is 4.92. The summed E-state index contributed by atoms with van der Waals surface area (Å²) < 4.78 is 5.53. The fourth-order valence-corrected chi connectivity index (χ4v) is 2.21. The van der Waals surface area contributed by atoms with Crippen molar-refractivity contribution < 1.29 is 4.42 Å². The molecule has 0 amide bonds. The van der Waals surface area contributed by atoms with E-state index in [9.17, 15) is 0 Å². The standard InChI is InChI=1S/C14H16N2O/c1-10-4-2-5-11(8-10)12-9-17-13(16-12)14(15)6-3-7-14/h2,4-5,8-9H,3,6-7,15H2,1H3. The molecule has 0 spiro atoms. The molecule has 1 saturated carbocycles. The third kappa shape index (κ3) is 1.76. The molecule has 0 aliphatic heterocycles. The molecule has 2 aromatic rings. The first kappa shape index (κ1) is 10.5. The molecule has 0 bridgehead atoms. The highest BCUT2D eigenvalue weighted by Crippen LogP contribution is 2.38. The molecule has 88 valence electrons. The normalized spacial score (nSPS) is 17.8. The van der Waals surface area contributed by atoms with Crippen LogP contribution in [0.15, 0.2) is 34.9 Å². The van der Waals surface area contributed by atoms with Crippen LogP contribution in [0.1, 0.15) is 30.7 Å². The van der Waals surface area contributed by atoms with E-state index in [1.807, 2.05) is 12.1 Å². The van der Waals surface area contributed by atoms with Crippen LogP contribution in [0.5, 0.6) is 0 Å². The van der Waals surface area contributed by atoms with Crippen LogP contribution in [-0.4, -0.2) is 4.98 Å². The third-order valence-electron chi connectivity index (χ3n) is 3.49. The molecule has 3 rings (SSSR count). The minimum absolute atomic E-state index is 0.317. The van der Waals surface area contributed by atoms with Gasteiger partial charge in [0.1, 0.15) is 12.0 Å². The van der Waals surface area contributed by atoms with Crippen molar-refractivity contribution in [2.75, 3.05) is 0 Å². The maximum Gasteiger partial charge on any atom is 0.214 e. The number of nitrogens with zero attached hydrogens (tertiary/aromatic N) is 1. The van der Waals surface area contributed by atoms with Crippen LogP contribution in [0.3, 0.4) is 0 Å². The summed E-state index contributed by atoms with van der Waals surface area (Å²) in [4.78, 5) is 4.52. The maximum absolute atomic E-state index is 6.19. The molecule has 17 heavy (non-hydrogen) atoms. The molecule has 0 unspecified atom stereocenters. The predicted molar refractivity (Wildman–Crippen MR) is 66.4 cm³/mol. The first-order chi connectivity index (χ1) is 8.17. The Labute approximate surface area is 101 Å².